The van der Waals surface area contributed by atoms with Crippen LogP contribution in [0.15, 0.2) is 47.3 Å². The van der Waals surface area contributed by atoms with Crippen LogP contribution >= 0.6 is 23.2 Å². The van der Waals surface area contributed by atoms with Crippen molar-refractivity contribution >= 4 is 34.1 Å². The molecule has 0 aliphatic carbocycles. The predicted octanol–water partition coefficient (Wildman–Crippen LogP) is 3.59. The molecule has 0 fully saturated rings. The van der Waals surface area contributed by atoms with Crippen LogP contribution in [0.5, 0.6) is 0 Å². The fraction of sp³-hybridized carbons (Fsp3) is 0.176. The number of benzene rings is 2. The molecule has 0 saturated carbocycles. The van der Waals surface area contributed by atoms with Crippen LogP contribution in [0.2, 0.25) is 10.0 Å². The van der Waals surface area contributed by atoms with Gasteiger partial charge in [0, 0.05) is 23.7 Å². The highest BCUT2D eigenvalue weighted by Crippen LogP contribution is 2.27. The Kier molecular flexibility index (Phi) is 4.66. The molecule has 1 N–H and O–H groups in total. The third-order valence-corrected chi connectivity index (χ3v) is 4.10. The molecular formula is C17H15Cl2N3O. The van der Waals surface area contributed by atoms with Gasteiger partial charge in [0.15, 0.2) is 0 Å². The summed E-state index contributed by atoms with van der Waals surface area (Å²) in [7, 11) is 1.84. The number of aromatic nitrogens is 2. The van der Waals surface area contributed by atoms with Crippen LogP contribution in [0.4, 0.5) is 0 Å². The summed E-state index contributed by atoms with van der Waals surface area (Å²) in [4.78, 5) is 17.6. The second-order valence-electron chi connectivity index (χ2n) is 5.15. The molecular weight excluding hydrogens is 333 g/mol. The molecule has 4 nitrogen and oxygen atoms in total. The second-order valence-corrected chi connectivity index (χ2v) is 5.99. The van der Waals surface area contributed by atoms with Gasteiger partial charge in [0.05, 0.1) is 15.9 Å². The van der Waals surface area contributed by atoms with Gasteiger partial charge in [0.1, 0.15) is 5.82 Å². The van der Waals surface area contributed by atoms with Crippen molar-refractivity contribution < 1.29 is 0 Å². The van der Waals surface area contributed by atoms with Gasteiger partial charge >= 0.3 is 0 Å². The Morgan fingerprint density at radius 2 is 1.91 bits per heavy atom. The Hall–Kier alpha value is -1.88. The first kappa shape index (κ1) is 16.0. The van der Waals surface area contributed by atoms with E-state index >= 15 is 0 Å². The smallest absolute Gasteiger partial charge is 0.261 e. The fourth-order valence-corrected chi connectivity index (χ4v) is 3.02. The van der Waals surface area contributed by atoms with Crippen LogP contribution in [-0.4, -0.2) is 23.1 Å². The highest BCUT2D eigenvalue weighted by Gasteiger charge is 2.15. The lowest BCUT2D eigenvalue weighted by atomic mass is 10.1. The summed E-state index contributed by atoms with van der Waals surface area (Å²) in [6.45, 7) is 1.16. The van der Waals surface area contributed by atoms with Gasteiger partial charge in [-0.15, -0.1) is 0 Å². The standard InChI is InChI=1S/C17H15Cl2N3O/c1-20-7-8-22-16(11-5-3-2-4-6-11)21-15-13(17(22)23)9-12(18)10-14(15)19/h2-6,9-10,20H,7-8H2,1H3. The van der Waals surface area contributed by atoms with Gasteiger partial charge in [0.25, 0.3) is 5.56 Å². The summed E-state index contributed by atoms with van der Waals surface area (Å²) >= 11 is 12.3. The van der Waals surface area contributed by atoms with E-state index in [0.717, 1.165) is 5.56 Å². The largest absolute Gasteiger partial charge is 0.318 e. The molecule has 0 aliphatic rings. The minimum absolute atomic E-state index is 0.145. The van der Waals surface area contributed by atoms with E-state index in [2.05, 4.69) is 10.3 Å². The number of rotatable bonds is 4. The van der Waals surface area contributed by atoms with E-state index in [9.17, 15) is 4.79 Å². The van der Waals surface area contributed by atoms with E-state index in [-0.39, 0.29) is 5.56 Å². The molecule has 0 unspecified atom stereocenters. The number of nitrogens with one attached hydrogen (secondary N) is 1. The molecule has 118 valence electrons. The quantitative estimate of drug-likeness (QED) is 0.784. The van der Waals surface area contributed by atoms with Crippen molar-refractivity contribution in [2.24, 2.45) is 0 Å². The van der Waals surface area contributed by atoms with Gasteiger partial charge in [-0.1, -0.05) is 53.5 Å². The zero-order chi connectivity index (χ0) is 16.4. The first-order chi connectivity index (χ1) is 11.1. The maximum atomic E-state index is 12.9. The minimum Gasteiger partial charge on any atom is -0.318 e. The van der Waals surface area contributed by atoms with Crippen LogP contribution in [0.3, 0.4) is 0 Å². The van der Waals surface area contributed by atoms with Crippen molar-refractivity contribution in [2.45, 2.75) is 6.54 Å². The summed E-state index contributed by atoms with van der Waals surface area (Å²) in [5.74, 6) is 0.600. The number of hydrogen-bond acceptors (Lipinski definition) is 3. The first-order valence-corrected chi connectivity index (χ1v) is 7.97. The lowest BCUT2D eigenvalue weighted by Gasteiger charge is -2.14. The van der Waals surface area contributed by atoms with Crippen molar-refractivity contribution in [2.75, 3.05) is 13.6 Å². The number of nitrogens with zero attached hydrogens (tertiary/aromatic N) is 2. The Morgan fingerprint density at radius 1 is 1.17 bits per heavy atom. The van der Waals surface area contributed by atoms with Crippen molar-refractivity contribution in [1.82, 2.24) is 14.9 Å². The van der Waals surface area contributed by atoms with Gasteiger partial charge < -0.3 is 5.32 Å². The maximum Gasteiger partial charge on any atom is 0.261 e. The summed E-state index contributed by atoms with van der Waals surface area (Å²) in [6, 6.07) is 12.8. The summed E-state index contributed by atoms with van der Waals surface area (Å²) < 4.78 is 1.65. The Bertz CT molecular complexity index is 907. The maximum absolute atomic E-state index is 12.9. The molecule has 0 amide bonds. The Labute approximate surface area is 143 Å². The van der Waals surface area contributed by atoms with E-state index in [4.69, 9.17) is 23.2 Å². The molecule has 3 rings (SSSR count). The molecule has 2 aromatic carbocycles. The molecule has 0 aliphatic heterocycles. The lowest BCUT2D eigenvalue weighted by Crippen LogP contribution is -2.28. The van der Waals surface area contributed by atoms with Gasteiger partial charge in [-0.3, -0.25) is 9.36 Å². The molecule has 3 aromatic rings. The topological polar surface area (TPSA) is 46.9 Å². The van der Waals surface area contributed by atoms with Crippen LogP contribution in [0.25, 0.3) is 22.3 Å². The van der Waals surface area contributed by atoms with Crippen LogP contribution < -0.4 is 10.9 Å². The minimum atomic E-state index is -0.145. The highest BCUT2D eigenvalue weighted by atomic mass is 35.5. The third-order valence-electron chi connectivity index (χ3n) is 3.59. The molecule has 0 atom stereocenters. The first-order valence-electron chi connectivity index (χ1n) is 7.21. The molecule has 1 heterocycles. The highest BCUT2D eigenvalue weighted by molar-refractivity contribution is 6.38. The molecule has 1 aromatic heterocycles. The number of hydrogen-bond donors (Lipinski definition) is 1. The number of halogens is 2. The van der Waals surface area contributed by atoms with E-state index in [0.29, 0.717) is 39.9 Å². The molecule has 0 bridgehead atoms. The fourth-order valence-electron chi connectivity index (χ4n) is 2.49. The molecule has 0 spiro atoms. The monoisotopic (exact) mass is 347 g/mol. The Morgan fingerprint density at radius 3 is 2.61 bits per heavy atom. The van der Waals surface area contributed by atoms with E-state index in [1.54, 1.807) is 16.7 Å². The number of fused-ring (bicyclic) bond motifs is 1. The molecule has 0 radical (unpaired) electrons. The van der Waals surface area contributed by atoms with Gasteiger partial charge in [-0.05, 0) is 19.2 Å². The molecule has 23 heavy (non-hydrogen) atoms. The third kappa shape index (κ3) is 3.11. The van der Waals surface area contributed by atoms with Gasteiger partial charge in [-0.2, -0.15) is 0 Å². The zero-order valence-electron chi connectivity index (χ0n) is 12.5. The predicted molar refractivity (Wildman–Crippen MR) is 95.4 cm³/mol. The van der Waals surface area contributed by atoms with E-state index in [1.807, 2.05) is 37.4 Å². The average Bonchev–Trinajstić information content (AvgIpc) is 2.55. The average molecular weight is 348 g/mol. The Balaban J connectivity index is 2.35. The van der Waals surface area contributed by atoms with Crippen molar-refractivity contribution in [1.29, 1.82) is 0 Å². The zero-order valence-corrected chi connectivity index (χ0v) is 14.0. The van der Waals surface area contributed by atoms with Crippen LogP contribution in [0.1, 0.15) is 0 Å². The van der Waals surface area contributed by atoms with E-state index in [1.165, 1.54) is 0 Å². The van der Waals surface area contributed by atoms with E-state index < -0.39 is 0 Å². The molecule has 0 saturated heterocycles. The lowest BCUT2D eigenvalue weighted by molar-refractivity contribution is 0.628. The van der Waals surface area contributed by atoms with Crippen LogP contribution in [0, 0.1) is 0 Å². The summed E-state index contributed by atoms with van der Waals surface area (Å²) in [5, 5.41) is 4.28. The summed E-state index contributed by atoms with van der Waals surface area (Å²) in [6.07, 6.45) is 0. The SMILES string of the molecule is CNCCn1c(-c2ccccc2)nc2c(Cl)cc(Cl)cc2c1=O. The van der Waals surface area contributed by atoms with Gasteiger partial charge in [0.2, 0.25) is 0 Å². The van der Waals surface area contributed by atoms with Crippen molar-refractivity contribution in [3.05, 3.63) is 62.9 Å². The molecule has 6 heteroatoms. The van der Waals surface area contributed by atoms with Crippen LogP contribution in [-0.2, 0) is 6.54 Å². The second kappa shape index (κ2) is 6.71. The number of likely N-dealkylation sites (N-methyl/N-ethyl adjacent to an activating group) is 1. The normalized spacial score (nSPS) is 11.1. The summed E-state index contributed by atoms with van der Waals surface area (Å²) in [5.41, 5.74) is 1.20. The van der Waals surface area contributed by atoms with Crippen molar-refractivity contribution in [3.8, 4) is 11.4 Å². The van der Waals surface area contributed by atoms with Gasteiger partial charge in [-0.25, -0.2) is 4.98 Å². The van der Waals surface area contributed by atoms with Crippen molar-refractivity contribution in [3.63, 3.8) is 0 Å².